The zero-order chi connectivity index (χ0) is 11.7. The van der Waals surface area contributed by atoms with Crippen molar-refractivity contribution in [2.75, 3.05) is 14.2 Å². The lowest BCUT2D eigenvalue weighted by atomic mass is 10.2. The van der Waals surface area contributed by atoms with E-state index in [1.807, 2.05) is 17.7 Å². The Morgan fingerprint density at radius 1 is 1.50 bits per heavy atom. The number of fused-ring (bicyclic) bond motifs is 1. The Kier molecular flexibility index (Phi) is 2.52. The Hall–Kier alpha value is -2.04. The summed E-state index contributed by atoms with van der Waals surface area (Å²) in [6.45, 7) is 0. The molecule has 0 radical (unpaired) electrons. The van der Waals surface area contributed by atoms with E-state index in [-0.39, 0.29) is 5.91 Å². The van der Waals surface area contributed by atoms with Gasteiger partial charge in [0.1, 0.15) is 0 Å². The molecule has 1 heterocycles. The van der Waals surface area contributed by atoms with Crippen molar-refractivity contribution in [3.05, 3.63) is 23.8 Å². The van der Waals surface area contributed by atoms with Gasteiger partial charge in [0.05, 0.1) is 18.1 Å². The minimum absolute atomic E-state index is 0.119. The highest BCUT2D eigenvalue weighted by Gasteiger charge is 2.10. The number of hydrogen-bond donors (Lipinski definition) is 1. The molecule has 5 nitrogen and oxygen atoms in total. The van der Waals surface area contributed by atoms with E-state index in [0.717, 1.165) is 11.0 Å². The highest BCUT2D eigenvalue weighted by atomic mass is 16.5. The predicted octanol–water partition coefficient (Wildman–Crippen LogP) is 0.942. The van der Waals surface area contributed by atoms with Crippen molar-refractivity contribution in [2.45, 2.75) is 0 Å². The second-order valence-corrected chi connectivity index (χ2v) is 3.44. The summed E-state index contributed by atoms with van der Waals surface area (Å²) in [7, 11) is 5.04. The molecule has 2 aromatic rings. The zero-order valence-electron chi connectivity index (χ0n) is 9.44. The van der Waals surface area contributed by atoms with Crippen LogP contribution in [0.1, 0.15) is 10.4 Å². The van der Waals surface area contributed by atoms with Crippen molar-refractivity contribution in [1.29, 1.82) is 0 Å². The molecule has 0 fully saturated rings. The van der Waals surface area contributed by atoms with E-state index in [2.05, 4.69) is 10.3 Å². The van der Waals surface area contributed by atoms with Gasteiger partial charge in [0.2, 0.25) is 0 Å². The second-order valence-electron chi connectivity index (χ2n) is 3.44. The van der Waals surface area contributed by atoms with Crippen molar-refractivity contribution in [3.63, 3.8) is 0 Å². The van der Waals surface area contributed by atoms with Gasteiger partial charge in [0.15, 0.2) is 0 Å². The summed E-state index contributed by atoms with van der Waals surface area (Å²) in [5.74, 6) is -0.119. The van der Waals surface area contributed by atoms with Crippen LogP contribution in [0.15, 0.2) is 18.2 Å². The number of hydrogen-bond acceptors (Lipinski definition) is 3. The van der Waals surface area contributed by atoms with Gasteiger partial charge >= 0.3 is 0 Å². The minimum Gasteiger partial charge on any atom is -0.468 e. The molecule has 1 amide bonds. The highest BCUT2D eigenvalue weighted by Crippen LogP contribution is 2.20. The third-order valence-corrected chi connectivity index (χ3v) is 2.51. The summed E-state index contributed by atoms with van der Waals surface area (Å²) >= 11 is 0. The third kappa shape index (κ3) is 1.50. The SMILES string of the molecule is CNC(=O)c1ccc2c(c1)nc(OC)n2C. The van der Waals surface area contributed by atoms with E-state index in [9.17, 15) is 4.79 Å². The number of carbonyl (C=O) groups is 1. The van der Waals surface area contributed by atoms with Gasteiger partial charge in [-0.15, -0.1) is 0 Å². The van der Waals surface area contributed by atoms with Crippen LogP contribution in [0.2, 0.25) is 0 Å². The summed E-state index contributed by atoms with van der Waals surface area (Å²) in [6.07, 6.45) is 0. The van der Waals surface area contributed by atoms with Crippen molar-refractivity contribution in [1.82, 2.24) is 14.9 Å². The van der Waals surface area contributed by atoms with Crippen LogP contribution in [-0.2, 0) is 7.05 Å². The van der Waals surface area contributed by atoms with Crippen LogP contribution in [0.5, 0.6) is 6.01 Å². The maximum absolute atomic E-state index is 11.4. The highest BCUT2D eigenvalue weighted by molar-refractivity contribution is 5.97. The summed E-state index contributed by atoms with van der Waals surface area (Å²) in [6, 6.07) is 5.90. The monoisotopic (exact) mass is 219 g/mol. The fourth-order valence-electron chi connectivity index (χ4n) is 1.65. The Balaban J connectivity index is 2.59. The summed E-state index contributed by atoms with van der Waals surface area (Å²) in [5, 5.41) is 2.58. The normalized spacial score (nSPS) is 10.4. The van der Waals surface area contributed by atoms with Crippen LogP contribution in [0.25, 0.3) is 11.0 Å². The number of rotatable bonds is 2. The molecule has 0 spiro atoms. The fourth-order valence-corrected chi connectivity index (χ4v) is 1.65. The number of amides is 1. The van der Waals surface area contributed by atoms with Crippen LogP contribution >= 0.6 is 0 Å². The van der Waals surface area contributed by atoms with Gasteiger partial charge < -0.3 is 10.1 Å². The first-order chi connectivity index (χ1) is 7.67. The zero-order valence-corrected chi connectivity index (χ0v) is 9.44. The lowest BCUT2D eigenvalue weighted by Crippen LogP contribution is -2.17. The first-order valence-corrected chi connectivity index (χ1v) is 4.90. The molecule has 0 atom stereocenters. The van der Waals surface area contributed by atoms with Crippen molar-refractivity contribution in [2.24, 2.45) is 7.05 Å². The molecule has 0 saturated heterocycles. The molecule has 0 aliphatic carbocycles. The van der Waals surface area contributed by atoms with E-state index in [4.69, 9.17) is 4.74 Å². The summed E-state index contributed by atoms with van der Waals surface area (Å²) in [4.78, 5) is 15.7. The van der Waals surface area contributed by atoms with E-state index in [0.29, 0.717) is 11.6 Å². The number of aryl methyl sites for hydroxylation is 1. The van der Waals surface area contributed by atoms with Gasteiger partial charge in [-0.2, -0.15) is 4.98 Å². The Morgan fingerprint density at radius 2 is 2.25 bits per heavy atom. The van der Waals surface area contributed by atoms with E-state index < -0.39 is 0 Å². The van der Waals surface area contributed by atoms with Crippen molar-refractivity contribution < 1.29 is 9.53 Å². The molecule has 5 heteroatoms. The molecule has 84 valence electrons. The van der Waals surface area contributed by atoms with Gasteiger partial charge in [-0.05, 0) is 18.2 Å². The maximum atomic E-state index is 11.4. The maximum Gasteiger partial charge on any atom is 0.296 e. The molecular weight excluding hydrogens is 206 g/mol. The van der Waals surface area contributed by atoms with E-state index in [1.165, 1.54) is 0 Å². The van der Waals surface area contributed by atoms with Crippen molar-refractivity contribution >= 4 is 16.9 Å². The van der Waals surface area contributed by atoms with Gasteiger partial charge in [-0.3, -0.25) is 9.36 Å². The average molecular weight is 219 g/mol. The molecular formula is C11H13N3O2. The first-order valence-electron chi connectivity index (χ1n) is 4.90. The second kappa shape index (κ2) is 3.84. The molecule has 0 bridgehead atoms. The predicted molar refractivity (Wildman–Crippen MR) is 60.7 cm³/mol. The number of nitrogens with one attached hydrogen (secondary N) is 1. The number of carbonyl (C=O) groups excluding carboxylic acids is 1. The molecule has 16 heavy (non-hydrogen) atoms. The Morgan fingerprint density at radius 3 is 2.88 bits per heavy atom. The first kappa shape index (κ1) is 10.5. The van der Waals surface area contributed by atoms with Crippen LogP contribution in [0.4, 0.5) is 0 Å². The number of nitrogens with zero attached hydrogens (tertiary/aromatic N) is 2. The van der Waals surface area contributed by atoms with Crippen molar-refractivity contribution in [3.8, 4) is 6.01 Å². The smallest absolute Gasteiger partial charge is 0.296 e. The van der Waals surface area contributed by atoms with Crippen LogP contribution < -0.4 is 10.1 Å². The number of imidazole rings is 1. The lowest BCUT2D eigenvalue weighted by Gasteiger charge is -2.00. The fraction of sp³-hybridized carbons (Fsp3) is 0.273. The largest absolute Gasteiger partial charge is 0.468 e. The number of ether oxygens (including phenoxy) is 1. The number of aromatic nitrogens is 2. The molecule has 0 aliphatic heterocycles. The van der Waals surface area contributed by atoms with Gasteiger partial charge in [-0.25, -0.2) is 0 Å². The lowest BCUT2D eigenvalue weighted by molar-refractivity contribution is 0.0963. The van der Waals surface area contributed by atoms with Crippen LogP contribution in [0, 0.1) is 0 Å². The van der Waals surface area contributed by atoms with Gasteiger partial charge in [-0.1, -0.05) is 0 Å². The molecule has 0 aliphatic rings. The van der Waals surface area contributed by atoms with Gasteiger partial charge in [0, 0.05) is 19.7 Å². The van der Waals surface area contributed by atoms with E-state index in [1.54, 1.807) is 26.3 Å². The van der Waals surface area contributed by atoms with Gasteiger partial charge in [0.25, 0.3) is 11.9 Å². The molecule has 1 N–H and O–H groups in total. The molecule has 2 rings (SSSR count). The molecule has 0 unspecified atom stereocenters. The van der Waals surface area contributed by atoms with E-state index >= 15 is 0 Å². The van der Waals surface area contributed by atoms with Crippen LogP contribution in [0.3, 0.4) is 0 Å². The summed E-state index contributed by atoms with van der Waals surface area (Å²) in [5.41, 5.74) is 2.28. The van der Waals surface area contributed by atoms with Crippen LogP contribution in [-0.4, -0.2) is 29.6 Å². The molecule has 0 saturated carbocycles. The Labute approximate surface area is 93.0 Å². The average Bonchev–Trinajstić information content (AvgIpc) is 2.64. The molecule has 1 aromatic heterocycles. The minimum atomic E-state index is -0.119. The summed E-state index contributed by atoms with van der Waals surface area (Å²) < 4.78 is 6.94. The molecule has 1 aromatic carbocycles. The standard InChI is InChI=1S/C11H13N3O2/c1-12-10(15)7-4-5-9-8(6-7)13-11(16-3)14(9)2/h4-6H,1-3H3,(H,12,15). The topological polar surface area (TPSA) is 56.1 Å². The number of benzene rings is 1. The number of methoxy groups -OCH3 is 1. The third-order valence-electron chi connectivity index (χ3n) is 2.51. The Bertz CT molecular complexity index is 545. The quantitative estimate of drug-likeness (QED) is 0.817.